The molecule has 3 heteroatoms. The van der Waals surface area contributed by atoms with Crippen LogP contribution in [0.3, 0.4) is 0 Å². The molecule has 3 nitrogen and oxygen atoms in total. The molecule has 0 aliphatic carbocycles. The molecule has 1 aromatic heterocycles. The Bertz CT molecular complexity index is 437. The van der Waals surface area contributed by atoms with Crippen LogP contribution in [0.1, 0.15) is 20.8 Å². The van der Waals surface area contributed by atoms with Gasteiger partial charge < -0.3 is 0 Å². The zero-order chi connectivity index (χ0) is 10.2. The smallest absolute Gasteiger partial charge is 0.113 e. The molecule has 0 atom stereocenters. The van der Waals surface area contributed by atoms with Gasteiger partial charge in [0.1, 0.15) is 5.52 Å². The Kier molecular flexibility index (Phi) is 2.02. The second-order valence-electron chi connectivity index (χ2n) is 4.80. The fraction of sp³-hybridized carbons (Fsp3) is 0.455. The summed E-state index contributed by atoms with van der Waals surface area (Å²) in [5.41, 5.74) is 2.32. The summed E-state index contributed by atoms with van der Waals surface area (Å²) in [7, 11) is 0. The third-order valence-corrected chi connectivity index (χ3v) is 2.04. The molecule has 2 rings (SSSR count). The zero-order valence-electron chi connectivity index (χ0n) is 8.86. The van der Waals surface area contributed by atoms with E-state index in [0.29, 0.717) is 0 Å². The van der Waals surface area contributed by atoms with E-state index in [1.807, 2.05) is 22.9 Å². The molecule has 74 valence electrons. The van der Waals surface area contributed by atoms with Crippen LogP contribution >= 0.6 is 0 Å². The van der Waals surface area contributed by atoms with E-state index in [4.69, 9.17) is 0 Å². The van der Waals surface area contributed by atoms with Crippen molar-refractivity contribution in [1.29, 1.82) is 0 Å². The van der Waals surface area contributed by atoms with Gasteiger partial charge in [0.25, 0.3) is 0 Å². The van der Waals surface area contributed by atoms with E-state index < -0.39 is 0 Å². The summed E-state index contributed by atoms with van der Waals surface area (Å²) in [6, 6.07) is 8.05. The molecule has 0 N–H and O–H groups in total. The minimum Gasteiger partial charge on any atom is -0.244 e. The third-order valence-electron chi connectivity index (χ3n) is 2.04. The van der Waals surface area contributed by atoms with Crippen molar-refractivity contribution in [3.63, 3.8) is 0 Å². The lowest BCUT2D eigenvalue weighted by Crippen LogP contribution is -2.16. The van der Waals surface area contributed by atoms with Crippen LogP contribution in [0.4, 0.5) is 0 Å². The molecule has 0 aliphatic heterocycles. The molecule has 0 unspecified atom stereocenters. The molecule has 0 saturated carbocycles. The predicted molar refractivity (Wildman–Crippen MR) is 57.0 cm³/mol. The largest absolute Gasteiger partial charge is 0.244 e. The predicted octanol–water partition coefficient (Wildman–Crippen LogP) is 2.48. The Hall–Kier alpha value is -1.38. The molecule has 1 aromatic carbocycles. The highest BCUT2D eigenvalue weighted by Crippen LogP contribution is 2.18. The van der Waals surface area contributed by atoms with Gasteiger partial charge >= 0.3 is 0 Å². The second-order valence-corrected chi connectivity index (χ2v) is 4.80. The summed E-state index contributed by atoms with van der Waals surface area (Å²) < 4.78 is 1.97. The highest BCUT2D eigenvalue weighted by molar-refractivity contribution is 5.73. The molecule has 14 heavy (non-hydrogen) atoms. The van der Waals surface area contributed by atoms with Crippen molar-refractivity contribution >= 4 is 11.0 Å². The van der Waals surface area contributed by atoms with Crippen LogP contribution < -0.4 is 0 Å². The van der Waals surface area contributed by atoms with Crippen LogP contribution in [-0.2, 0) is 6.54 Å². The third kappa shape index (κ3) is 1.76. The van der Waals surface area contributed by atoms with Crippen molar-refractivity contribution in [2.75, 3.05) is 0 Å². The number of benzene rings is 1. The second kappa shape index (κ2) is 3.08. The van der Waals surface area contributed by atoms with E-state index in [-0.39, 0.29) is 5.41 Å². The van der Waals surface area contributed by atoms with E-state index in [0.717, 1.165) is 17.6 Å². The average Bonchev–Trinajstić information content (AvgIpc) is 2.47. The van der Waals surface area contributed by atoms with Crippen molar-refractivity contribution in [2.45, 2.75) is 27.3 Å². The van der Waals surface area contributed by atoms with Crippen LogP contribution in [0.25, 0.3) is 11.0 Å². The van der Waals surface area contributed by atoms with Gasteiger partial charge in [-0.1, -0.05) is 38.1 Å². The average molecular weight is 189 g/mol. The van der Waals surface area contributed by atoms with Crippen molar-refractivity contribution in [3.05, 3.63) is 24.3 Å². The number of fused-ring (bicyclic) bond motifs is 1. The Morgan fingerprint density at radius 1 is 1.21 bits per heavy atom. The molecule has 0 saturated heterocycles. The van der Waals surface area contributed by atoms with Crippen molar-refractivity contribution < 1.29 is 0 Å². The van der Waals surface area contributed by atoms with Crippen LogP contribution in [-0.4, -0.2) is 15.0 Å². The first-order valence-electron chi connectivity index (χ1n) is 4.84. The van der Waals surface area contributed by atoms with Gasteiger partial charge in [-0.25, -0.2) is 4.68 Å². The normalized spacial score (nSPS) is 12.2. The van der Waals surface area contributed by atoms with Crippen molar-refractivity contribution in [2.24, 2.45) is 5.41 Å². The highest BCUT2D eigenvalue weighted by Gasteiger charge is 2.13. The summed E-state index contributed by atoms with van der Waals surface area (Å²) in [4.78, 5) is 0. The molecule has 0 amide bonds. The Balaban J connectivity index is 2.44. The first-order chi connectivity index (χ1) is 6.56. The first-order valence-corrected chi connectivity index (χ1v) is 4.84. The molecule has 2 aromatic rings. The van der Waals surface area contributed by atoms with Gasteiger partial charge in [0.2, 0.25) is 0 Å². The van der Waals surface area contributed by atoms with E-state index in [1.165, 1.54) is 0 Å². The van der Waals surface area contributed by atoms with E-state index >= 15 is 0 Å². The van der Waals surface area contributed by atoms with Gasteiger partial charge in [0.05, 0.1) is 5.52 Å². The fourth-order valence-electron chi connectivity index (χ4n) is 1.48. The summed E-state index contributed by atoms with van der Waals surface area (Å²) in [5.74, 6) is 0. The quantitative estimate of drug-likeness (QED) is 0.690. The number of hydrogen-bond acceptors (Lipinski definition) is 2. The van der Waals surface area contributed by atoms with Gasteiger partial charge in [0, 0.05) is 6.54 Å². The molecule has 1 heterocycles. The number of aromatic nitrogens is 3. The molecule has 0 fully saturated rings. The standard InChI is InChI=1S/C11H15N3/c1-11(2,3)8-14-10-7-5-4-6-9(10)12-13-14/h4-7H,8H2,1-3H3. The zero-order valence-corrected chi connectivity index (χ0v) is 8.86. The van der Waals surface area contributed by atoms with Crippen LogP contribution in [0, 0.1) is 5.41 Å². The summed E-state index contributed by atoms with van der Waals surface area (Å²) in [6.45, 7) is 7.49. The lowest BCUT2D eigenvalue weighted by atomic mass is 9.97. The molecular formula is C11H15N3. The Labute approximate surface area is 83.7 Å². The van der Waals surface area contributed by atoms with Crippen molar-refractivity contribution in [1.82, 2.24) is 15.0 Å². The fourth-order valence-corrected chi connectivity index (χ4v) is 1.48. The van der Waals surface area contributed by atoms with E-state index in [2.05, 4.69) is 37.1 Å². The number of para-hydroxylation sites is 1. The number of hydrogen-bond donors (Lipinski definition) is 0. The molecule has 0 bridgehead atoms. The molecule has 0 spiro atoms. The van der Waals surface area contributed by atoms with Gasteiger partial charge in [-0.3, -0.25) is 0 Å². The summed E-state index contributed by atoms with van der Waals surface area (Å²) in [5, 5.41) is 8.26. The van der Waals surface area contributed by atoms with Gasteiger partial charge in [-0.2, -0.15) is 0 Å². The Morgan fingerprint density at radius 2 is 1.93 bits per heavy atom. The Morgan fingerprint density at radius 3 is 2.64 bits per heavy atom. The number of rotatable bonds is 1. The lowest BCUT2D eigenvalue weighted by molar-refractivity contribution is 0.327. The lowest BCUT2D eigenvalue weighted by Gasteiger charge is -2.17. The molecule has 0 radical (unpaired) electrons. The maximum absolute atomic E-state index is 4.15. The first kappa shape index (κ1) is 9.19. The minimum absolute atomic E-state index is 0.233. The van der Waals surface area contributed by atoms with Crippen LogP contribution in [0.15, 0.2) is 24.3 Å². The monoisotopic (exact) mass is 189 g/mol. The maximum atomic E-state index is 4.15. The highest BCUT2D eigenvalue weighted by atomic mass is 15.4. The molecular weight excluding hydrogens is 174 g/mol. The minimum atomic E-state index is 0.233. The summed E-state index contributed by atoms with van der Waals surface area (Å²) >= 11 is 0. The van der Waals surface area contributed by atoms with Gasteiger partial charge in [-0.15, -0.1) is 5.10 Å². The van der Waals surface area contributed by atoms with E-state index in [1.54, 1.807) is 0 Å². The van der Waals surface area contributed by atoms with E-state index in [9.17, 15) is 0 Å². The van der Waals surface area contributed by atoms with Crippen LogP contribution in [0.5, 0.6) is 0 Å². The van der Waals surface area contributed by atoms with Crippen molar-refractivity contribution in [3.8, 4) is 0 Å². The van der Waals surface area contributed by atoms with Crippen LogP contribution in [0.2, 0.25) is 0 Å². The maximum Gasteiger partial charge on any atom is 0.113 e. The number of nitrogens with zero attached hydrogens (tertiary/aromatic N) is 3. The van der Waals surface area contributed by atoms with Gasteiger partial charge in [0.15, 0.2) is 0 Å². The van der Waals surface area contributed by atoms with Gasteiger partial charge in [-0.05, 0) is 17.5 Å². The topological polar surface area (TPSA) is 30.7 Å². The SMILES string of the molecule is CC(C)(C)Cn1nnc2ccccc21. The molecule has 0 aliphatic rings. The summed E-state index contributed by atoms with van der Waals surface area (Å²) in [6.07, 6.45) is 0.